The van der Waals surface area contributed by atoms with Gasteiger partial charge in [0, 0.05) is 11.8 Å². The first kappa shape index (κ1) is 13.8. The van der Waals surface area contributed by atoms with Crippen LogP contribution in [-0.2, 0) is 4.79 Å². The average Bonchev–Trinajstić information content (AvgIpc) is 2.42. The highest BCUT2D eigenvalue weighted by Crippen LogP contribution is 2.16. The Balaban J connectivity index is 1.92. The molecule has 4 nitrogen and oxygen atoms in total. The van der Waals surface area contributed by atoms with Crippen LogP contribution in [0.3, 0.4) is 0 Å². The summed E-state index contributed by atoms with van der Waals surface area (Å²) in [7, 11) is 0. The molecule has 2 rings (SSSR count). The molecule has 0 atom stereocenters. The van der Waals surface area contributed by atoms with Crippen LogP contribution in [0, 0.1) is 11.6 Å². The molecule has 0 aliphatic carbocycles. The third-order valence-electron chi connectivity index (χ3n) is 2.45. The van der Waals surface area contributed by atoms with Crippen molar-refractivity contribution in [2.45, 2.75) is 0 Å². The number of amides is 1. The predicted octanol–water partition coefficient (Wildman–Crippen LogP) is 2.56. The zero-order valence-electron chi connectivity index (χ0n) is 10.4. The standard InChI is InChI=1S/C14H12F2N2O2/c15-9-1-6-12(16)13(7-9)18-14(19)8-20-11-4-2-10(17)3-5-11/h1-7H,8,17H2,(H,18,19). The van der Waals surface area contributed by atoms with Crippen molar-refractivity contribution >= 4 is 17.3 Å². The first-order valence-corrected chi connectivity index (χ1v) is 5.78. The molecule has 0 saturated heterocycles. The van der Waals surface area contributed by atoms with Crippen LogP contribution in [0.25, 0.3) is 0 Å². The molecule has 1 amide bonds. The molecule has 20 heavy (non-hydrogen) atoms. The minimum atomic E-state index is -0.716. The van der Waals surface area contributed by atoms with E-state index in [0.29, 0.717) is 11.4 Å². The Hall–Kier alpha value is -2.63. The summed E-state index contributed by atoms with van der Waals surface area (Å²) in [6.07, 6.45) is 0. The van der Waals surface area contributed by atoms with Gasteiger partial charge in [0.25, 0.3) is 5.91 Å². The van der Waals surface area contributed by atoms with Gasteiger partial charge in [-0.1, -0.05) is 0 Å². The number of nitrogens with one attached hydrogen (secondary N) is 1. The van der Waals surface area contributed by atoms with Gasteiger partial charge in [0.1, 0.15) is 17.4 Å². The number of hydrogen-bond acceptors (Lipinski definition) is 3. The molecule has 3 N–H and O–H groups in total. The lowest BCUT2D eigenvalue weighted by molar-refractivity contribution is -0.118. The van der Waals surface area contributed by atoms with Crippen molar-refractivity contribution in [1.82, 2.24) is 0 Å². The van der Waals surface area contributed by atoms with Gasteiger partial charge in [-0.3, -0.25) is 4.79 Å². The molecule has 2 aromatic rings. The van der Waals surface area contributed by atoms with Crippen molar-refractivity contribution in [3.05, 3.63) is 54.1 Å². The van der Waals surface area contributed by atoms with Gasteiger partial charge in [-0.2, -0.15) is 0 Å². The number of halogens is 2. The molecule has 0 spiro atoms. The van der Waals surface area contributed by atoms with E-state index in [4.69, 9.17) is 10.5 Å². The van der Waals surface area contributed by atoms with Crippen LogP contribution >= 0.6 is 0 Å². The molecule has 0 heterocycles. The summed E-state index contributed by atoms with van der Waals surface area (Å²) in [6.45, 7) is -0.320. The summed E-state index contributed by atoms with van der Waals surface area (Å²) < 4.78 is 31.4. The fraction of sp³-hybridized carbons (Fsp3) is 0.0714. The molecule has 0 aliphatic heterocycles. The van der Waals surface area contributed by atoms with Crippen molar-refractivity contribution < 1.29 is 18.3 Å². The number of carbonyl (C=O) groups is 1. The first-order valence-electron chi connectivity index (χ1n) is 5.78. The fourth-order valence-corrected chi connectivity index (χ4v) is 1.49. The number of anilines is 2. The van der Waals surface area contributed by atoms with Gasteiger partial charge in [0.15, 0.2) is 6.61 Å². The lowest BCUT2D eigenvalue weighted by Gasteiger charge is -2.08. The summed E-state index contributed by atoms with van der Waals surface area (Å²) >= 11 is 0. The first-order chi connectivity index (χ1) is 9.54. The Morgan fingerprint density at radius 3 is 2.55 bits per heavy atom. The average molecular weight is 278 g/mol. The smallest absolute Gasteiger partial charge is 0.262 e. The van der Waals surface area contributed by atoms with Crippen molar-refractivity contribution in [2.75, 3.05) is 17.7 Å². The van der Waals surface area contributed by atoms with Crippen molar-refractivity contribution in [2.24, 2.45) is 0 Å². The number of nitrogens with two attached hydrogens (primary N) is 1. The number of nitrogen functional groups attached to an aromatic ring is 1. The van der Waals surface area contributed by atoms with Crippen LogP contribution in [0.2, 0.25) is 0 Å². The van der Waals surface area contributed by atoms with Gasteiger partial charge in [-0.05, 0) is 36.4 Å². The maximum atomic E-state index is 13.3. The van der Waals surface area contributed by atoms with E-state index in [-0.39, 0.29) is 12.3 Å². The third-order valence-corrected chi connectivity index (χ3v) is 2.45. The Kier molecular flexibility index (Phi) is 4.14. The van der Waals surface area contributed by atoms with Crippen molar-refractivity contribution in [3.63, 3.8) is 0 Å². The van der Waals surface area contributed by atoms with Gasteiger partial charge in [0.05, 0.1) is 5.69 Å². The van der Waals surface area contributed by atoms with Crippen LogP contribution in [0.1, 0.15) is 0 Å². The maximum Gasteiger partial charge on any atom is 0.262 e. The van der Waals surface area contributed by atoms with Gasteiger partial charge >= 0.3 is 0 Å². The van der Waals surface area contributed by atoms with Crippen molar-refractivity contribution in [3.8, 4) is 5.75 Å². The number of hydrogen-bond donors (Lipinski definition) is 2. The Morgan fingerprint density at radius 2 is 1.85 bits per heavy atom. The van der Waals surface area contributed by atoms with Gasteiger partial charge in [-0.25, -0.2) is 8.78 Å². The molecule has 0 saturated carbocycles. The molecular formula is C14H12F2N2O2. The molecule has 104 valence electrons. The van der Waals surface area contributed by atoms with Crippen molar-refractivity contribution in [1.29, 1.82) is 0 Å². The minimum Gasteiger partial charge on any atom is -0.484 e. The lowest BCUT2D eigenvalue weighted by atomic mass is 10.3. The van der Waals surface area contributed by atoms with E-state index < -0.39 is 17.5 Å². The summed E-state index contributed by atoms with van der Waals surface area (Å²) in [6, 6.07) is 9.26. The second-order valence-corrected chi connectivity index (χ2v) is 4.03. The highest BCUT2D eigenvalue weighted by molar-refractivity contribution is 5.92. The summed E-state index contributed by atoms with van der Waals surface area (Å²) in [5, 5.41) is 2.23. The van der Waals surface area contributed by atoms with Gasteiger partial charge in [-0.15, -0.1) is 0 Å². The molecule has 0 radical (unpaired) electrons. The highest BCUT2D eigenvalue weighted by Gasteiger charge is 2.08. The number of benzene rings is 2. The van der Waals surface area contributed by atoms with E-state index in [1.165, 1.54) is 0 Å². The monoisotopic (exact) mass is 278 g/mol. The molecule has 6 heteroatoms. The van der Waals surface area contributed by atoms with E-state index >= 15 is 0 Å². The van der Waals surface area contributed by atoms with E-state index in [2.05, 4.69) is 5.32 Å². The molecule has 2 aromatic carbocycles. The highest BCUT2D eigenvalue weighted by atomic mass is 19.1. The maximum absolute atomic E-state index is 13.3. The fourth-order valence-electron chi connectivity index (χ4n) is 1.49. The molecular weight excluding hydrogens is 266 g/mol. The van der Waals surface area contributed by atoms with Gasteiger partial charge in [0.2, 0.25) is 0 Å². The normalized spacial score (nSPS) is 10.1. The number of ether oxygens (including phenoxy) is 1. The molecule has 0 aromatic heterocycles. The second kappa shape index (κ2) is 6.01. The van der Waals surface area contributed by atoms with Crippen LogP contribution in [-0.4, -0.2) is 12.5 Å². The van der Waals surface area contributed by atoms with Crippen LogP contribution in [0.5, 0.6) is 5.75 Å². The summed E-state index contributed by atoms with van der Waals surface area (Å²) in [4.78, 5) is 11.6. The quantitative estimate of drug-likeness (QED) is 0.845. The topological polar surface area (TPSA) is 64.3 Å². The summed E-state index contributed by atoms with van der Waals surface area (Å²) in [5.74, 6) is -1.49. The number of rotatable bonds is 4. The molecule has 0 fully saturated rings. The Morgan fingerprint density at radius 1 is 1.15 bits per heavy atom. The third kappa shape index (κ3) is 3.68. The largest absolute Gasteiger partial charge is 0.484 e. The van der Waals surface area contributed by atoms with E-state index in [1.807, 2.05) is 0 Å². The molecule has 0 unspecified atom stereocenters. The van der Waals surface area contributed by atoms with E-state index in [9.17, 15) is 13.6 Å². The SMILES string of the molecule is Nc1ccc(OCC(=O)Nc2cc(F)ccc2F)cc1. The van der Waals surface area contributed by atoms with Crippen LogP contribution in [0.4, 0.5) is 20.2 Å². The van der Waals surface area contributed by atoms with Crippen LogP contribution in [0.15, 0.2) is 42.5 Å². The van der Waals surface area contributed by atoms with E-state index in [1.54, 1.807) is 24.3 Å². The zero-order valence-corrected chi connectivity index (χ0v) is 10.4. The predicted molar refractivity (Wildman–Crippen MR) is 71.3 cm³/mol. The van der Waals surface area contributed by atoms with E-state index in [0.717, 1.165) is 18.2 Å². The Bertz CT molecular complexity index is 615. The second-order valence-electron chi connectivity index (χ2n) is 4.03. The molecule has 0 aliphatic rings. The summed E-state index contributed by atoms with van der Waals surface area (Å²) in [5.41, 5.74) is 5.85. The Labute approximate surface area is 114 Å². The minimum absolute atomic E-state index is 0.226. The van der Waals surface area contributed by atoms with Gasteiger partial charge < -0.3 is 15.8 Å². The van der Waals surface area contributed by atoms with Crippen LogP contribution < -0.4 is 15.8 Å². The zero-order chi connectivity index (χ0) is 14.5. The number of carbonyl (C=O) groups excluding carboxylic acids is 1. The lowest BCUT2D eigenvalue weighted by Crippen LogP contribution is -2.20. The molecule has 0 bridgehead atoms.